The maximum absolute atomic E-state index is 15.3. The van der Waals surface area contributed by atoms with Gasteiger partial charge >= 0.3 is 33.5 Å². The van der Waals surface area contributed by atoms with E-state index in [0.29, 0.717) is 134 Å². The number of aromatic nitrogens is 6. The Morgan fingerprint density at radius 2 is 1.01 bits per heavy atom. The highest BCUT2D eigenvalue weighted by molar-refractivity contribution is 14.1. The molecule has 6 aromatic rings. The van der Waals surface area contributed by atoms with Crippen molar-refractivity contribution in [3.63, 3.8) is 0 Å². The number of allylic oxidation sites excluding steroid dienone is 4. The van der Waals surface area contributed by atoms with Crippen LogP contribution in [0.5, 0.6) is 11.8 Å². The van der Waals surface area contributed by atoms with Gasteiger partial charge in [0.05, 0.1) is 57.3 Å². The van der Waals surface area contributed by atoms with Gasteiger partial charge in [-0.25, -0.2) is 28.9 Å². The molecule has 608 valence electrons. The van der Waals surface area contributed by atoms with Crippen LogP contribution in [0, 0.1) is 15.5 Å². The van der Waals surface area contributed by atoms with Crippen LogP contribution in [0.2, 0.25) is 0 Å². The van der Waals surface area contributed by atoms with E-state index < -0.39 is 79.0 Å². The molecule has 4 aromatic heterocycles. The Morgan fingerprint density at radius 1 is 0.580 bits per heavy atom. The van der Waals surface area contributed by atoms with Crippen LogP contribution in [0.1, 0.15) is 231 Å². The van der Waals surface area contributed by atoms with Gasteiger partial charge in [0.2, 0.25) is 23.7 Å². The first kappa shape index (κ1) is 90.1. The van der Waals surface area contributed by atoms with Gasteiger partial charge in [-0.3, -0.25) is 9.59 Å². The Labute approximate surface area is 673 Å². The Kier molecular flexibility index (Phi) is 32.0. The maximum Gasteiger partial charge on any atom is 0.494 e. The number of carbonyl (C=O) groups excluding carboxylic acids is 4. The molecule has 2 aromatic carbocycles. The summed E-state index contributed by atoms with van der Waals surface area (Å²) in [6.45, 7) is 37.7. The van der Waals surface area contributed by atoms with Crippen LogP contribution < -0.4 is 9.47 Å². The normalized spacial score (nSPS) is 18.5. The molecule has 30 heteroatoms. The number of carbonyl (C=O) groups is 4. The third-order valence-electron chi connectivity index (χ3n) is 20.2. The van der Waals surface area contributed by atoms with E-state index in [1.807, 2.05) is 114 Å². The molecule has 4 fully saturated rings. The van der Waals surface area contributed by atoms with Crippen molar-refractivity contribution in [2.24, 2.45) is 0 Å². The highest BCUT2D eigenvalue weighted by Crippen LogP contribution is 2.46. The fourth-order valence-electron chi connectivity index (χ4n) is 12.7. The zero-order valence-corrected chi connectivity index (χ0v) is 70.7. The van der Waals surface area contributed by atoms with E-state index in [2.05, 4.69) is 49.7 Å². The summed E-state index contributed by atoms with van der Waals surface area (Å²) in [5.74, 6) is -0.241. The van der Waals surface area contributed by atoms with Crippen molar-refractivity contribution >= 4 is 101 Å². The Hall–Kier alpha value is -7.42. The van der Waals surface area contributed by atoms with Gasteiger partial charge in [-0.2, -0.15) is 8.78 Å². The minimum absolute atomic E-state index is 0.0165. The molecule has 2 N–H and O–H groups in total. The van der Waals surface area contributed by atoms with E-state index in [1.54, 1.807) is 109 Å². The fraction of sp³-hybridized carbons (Fsp3) is 0.561. The number of ether oxygens (including phenoxy) is 6. The minimum atomic E-state index is -1.74. The molecular weight excluding hydrogens is 1550 g/mol. The average Bonchev–Trinajstić information content (AvgIpc) is 1.58. The highest BCUT2D eigenvalue weighted by Gasteiger charge is 2.57. The molecule has 2 amide bonds. The minimum Gasteiger partial charge on any atom is -0.476 e. The second-order valence-electron chi connectivity index (χ2n) is 32.0. The summed E-state index contributed by atoms with van der Waals surface area (Å²) in [4.78, 5) is 59.8. The molecule has 112 heavy (non-hydrogen) atoms. The predicted molar refractivity (Wildman–Crippen MR) is 439 cm³/mol. The monoisotopic (exact) mass is 1660 g/mol. The zero-order chi connectivity index (χ0) is 82.1. The lowest BCUT2D eigenvalue weighted by atomic mass is 9.61. The van der Waals surface area contributed by atoms with Gasteiger partial charge in [0.1, 0.15) is 24.4 Å². The number of fused-ring (bicyclic) bond motifs is 2. The van der Waals surface area contributed by atoms with Gasteiger partial charge in [-0.1, -0.05) is 52.0 Å². The van der Waals surface area contributed by atoms with Crippen LogP contribution in [-0.4, -0.2) is 181 Å². The van der Waals surface area contributed by atoms with Gasteiger partial charge < -0.3 is 66.9 Å². The Balaban J connectivity index is 0.000000220. The van der Waals surface area contributed by atoms with E-state index in [-0.39, 0.29) is 37.2 Å². The van der Waals surface area contributed by atoms with E-state index in [0.717, 1.165) is 58.6 Å². The van der Waals surface area contributed by atoms with Crippen molar-refractivity contribution in [3.8, 4) is 11.8 Å². The first-order chi connectivity index (χ1) is 52.8. The second kappa shape index (κ2) is 39.8. The third-order valence-corrected chi connectivity index (χ3v) is 20.9. The molecule has 0 saturated carbocycles. The second-order valence-corrected chi connectivity index (χ2v) is 33.3. The van der Waals surface area contributed by atoms with Crippen molar-refractivity contribution in [3.05, 3.63) is 140 Å². The molecule has 0 bridgehead atoms. The maximum atomic E-state index is 15.3. The van der Waals surface area contributed by atoms with Gasteiger partial charge in [0.15, 0.2) is 24.0 Å². The summed E-state index contributed by atoms with van der Waals surface area (Å²) in [6, 6.07) is 18.1. The highest BCUT2D eigenvalue weighted by atomic mass is 127. The van der Waals surface area contributed by atoms with E-state index in [4.69, 9.17) is 47.0 Å². The number of hydrogen-bond acceptors (Lipinski definition) is 20. The Morgan fingerprint density at radius 3 is 1.39 bits per heavy atom. The van der Waals surface area contributed by atoms with E-state index in [1.165, 1.54) is 11.0 Å². The number of hydrogen-bond donors (Lipinski definition) is 2. The van der Waals surface area contributed by atoms with Crippen LogP contribution in [-0.2, 0) is 47.2 Å². The van der Waals surface area contributed by atoms with Crippen LogP contribution in [0.4, 0.5) is 18.4 Å². The number of ketones is 2. The van der Waals surface area contributed by atoms with Crippen LogP contribution in [0.15, 0.2) is 108 Å². The molecule has 10 rings (SSSR count). The standard InChI is InChI=1S/C35H46BFN4O7.C28H41B2FN2O5.C19H27IN2O4/c1-6-26(42)12-8-10-18-40(34(43)48-35(3,4)5)19-21-46-30-17-15-25(23-38-30)32(28(7-2)36(44)45)24-14-16-29-27(22-24)33(37)39-41(29)31-13-9-11-20-47-31;1-10-20(29-35-25(2,3)26(4,5)36-29)23(30-37-27(6,7)28(8,9)38-30)18-14-15-21-19(17-18)24(31)32-33(21)22-13-11-12-16-34-22;1-5-16(23)8-6-7-11-22(18(24)26-19(2,3)4)12-13-25-17-10-9-15(20)14-21-17/h8,12,14-17,22-23,31,44-45H,6-7,9-11,13,18-21H2,1-5H3;14-15,17,22H,10-13,16H2,1-9H3;6,8-10,14H,5,7,11-13H2,1-4H3/b12-8+,32-28-;23-20-;8-6+. The molecule has 4 aliphatic rings. The van der Waals surface area contributed by atoms with Crippen molar-refractivity contribution < 1.29 is 85.0 Å². The molecule has 0 radical (unpaired) electrons. The molecule has 2 atom stereocenters. The van der Waals surface area contributed by atoms with Gasteiger partial charge in [0, 0.05) is 72.8 Å². The SMILES string of the molecule is CC/C(B1OC(C)(C)C(C)(C)O1)=C(/B1OC(C)(C)C(C)(C)O1)c1ccc2c(c1)c(F)nn2C1CCCCO1.CCC(=O)/C=C/CCN(CCOc1ccc(/C(=C(/CC)B(O)O)c2ccc3c(c2)c(F)nn3C2CCCCO2)cn1)C(=O)OC(C)(C)C.CCC(=O)/C=C/CCN(CCOc1ccc(I)cn1)C(=O)OC(C)(C)C. The average molecular weight is 1670 g/mol. The molecule has 0 spiro atoms. The predicted octanol–water partition coefficient (Wildman–Crippen LogP) is 16.6. The number of nitrogens with zero attached hydrogens (tertiary/aromatic N) is 8. The summed E-state index contributed by atoms with van der Waals surface area (Å²) < 4.78 is 95.0. The summed E-state index contributed by atoms with van der Waals surface area (Å²) >= 11 is 2.17. The number of halogens is 3. The molecular formula is C82H114B3F2IN8O16. The smallest absolute Gasteiger partial charge is 0.476 e. The van der Waals surface area contributed by atoms with Crippen LogP contribution in [0.3, 0.4) is 0 Å². The number of amides is 2. The molecule has 0 aliphatic carbocycles. The topological polar surface area (TPSA) is 269 Å². The van der Waals surface area contributed by atoms with Gasteiger partial charge in [0.25, 0.3) is 0 Å². The fourth-order valence-corrected chi connectivity index (χ4v) is 13.0. The van der Waals surface area contributed by atoms with Crippen molar-refractivity contribution in [1.82, 2.24) is 39.3 Å². The number of pyridine rings is 2. The molecule has 4 saturated heterocycles. The van der Waals surface area contributed by atoms with Gasteiger partial charge in [-0.05, 0) is 265 Å². The molecule has 24 nitrogen and oxygen atoms in total. The summed E-state index contributed by atoms with van der Waals surface area (Å²) in [5.41, 5.74) is 2.51. The lowest BCUT2D eigenvalue weighted by Gasteiger charge is -2.32. The molecule has 4 aliphatic heterocycles. The van der Waals surface area contributed by atoms with Crippen LogP contribution in [0.25, 0.3) is 32.9 Å². The van der Waals surface area contributed by atoms with Crippen molar-refractivity contribution in [2.75, 3.05) is 52.6 Å². The summed E-state index contributed by atoms with van der Waals surface area (Å²) in [7, 11) is -3.00. The lowest BCUT2D eigenvalue weighted by molar-refractivity contribution is -0.115. The summed E-state index contributed by atoms with van der Waals surface area (Å²) in [5, 5.41) is 29.7. The number of benzene rings is 2. The lowest BCUT2D eigenvalue weighted by Crippen LogP contribution is -2.41. The zero-order valence-electron chi connectivity index (χ0n) is 68.6. The third kappa shape index (κ3) is 24.3. The number of rotatable bonds is 28. The van der Waals surface area contributed by atoms with Crippen LogP contribution >= 0.6 is 22.6 Å². The van der Waals surface area contributed by atoms with Crippen molar-refractivity contribution in [1.29, 1.82) is 0 Å². The van der Waals surface area contributed by atoms with Crippen molar-refractivity contribution in [2.45, 2.75) is 248 Å². The quantitative estimate of drug-likeness (QED) is 0.0262. The first-order valence-corrected chi connectivity index (χ1v) is 40.2. The Bertz CT molecular complexity index is 4260. The summed E-state index contributed by atoms with van der Waals surface area (Å²) in [6.07, 6.45) is 16.9. The van der Waals surface area contributed by atoms with Gasteiger partial charge in [-0.15, -0.1) is 10.2 Å². The largest absolute Gasteiger partial charge is 0.494 e. The molecule has 2 unspecified atom stereocenters. The van der Waals surface area contributed by atoms with E-state index >= 15 is 8.78 Å². The molecule has 8 heterocycles. The van der Waals surface area contributed by atoms with E-state index in [9.17, 15) is 29.2 Å². The first-order valence-electron chi connectivity index (χ1n) is 39.1.